The Labute approximate surface area is 188 Å². The summed E-state index contributed by atoms with van der Waals surface area (Å²) < 4.78 is 11.2. The molecule has 8 heteroatoms. The van der Waals surface area contributed by atoms with Crippen LogP contribution >= 0.6 is 0 Å². The average molecular weight is 437 g/mol. The first-order valence-electron chi connectivity index (χ1n) is 11.6. The summed E-state index contributed by atoms with van der Waals surface area (Å²) in [7, 11) is 0. The second-order valence-corrected chi connectivity index (χ2v) is 9.10. The van der Waals surface area contributed by atoms with Crippen molar-refractivity contribution in [1.82, 2.24) is 23.9 Å². The molecule has 0 N–H and O–H groups in total. The van der Waals surface area contributed by atoms with Gasteiger partial charge >= 0.3 is 5.69 Å². The van der Waals surface area contributed by atoms with Crippen LogP contribution in [0.15, 0.2) is 29.3 Å². The Hall–Kier alpha value is -2.87. The first kappa shape index (κ1) is 21.0. The van der Waals surface area contributed by atoms with Crippen LogP contribution in [0.3, 0.4) is 0 Å². The molecule has 0 bridgehead atoms. The summed E-state index contributed by atoms with van der Waals surface area (Å²) in [5, 5.41) is 4.35. The molecule has 0 amide bonds. The van der Waals surface area contributed by atoms with E-state index in [4.69, 9.17) is 9.72 Å². The number of hydrogen-bond acceptors (Lipinski definition) is 5. The van der Waals surface area contributed by atoms with Crippen LogP contribution in [0, 0.1) is 13.8 Å². The number of pyridine rings is 1. The molecule has 3 aromatic heterocycles. The van der Waals surface area contributed by atoms with E-state index in [0.29, 0.717) is 19.1 Å². The smallest absolute Gasteiger partial charge is 0.334 e. The van der Waals surface area contributed by atoms with Crippen LogP contribution < -0.4 is 10.6 Å². The summed E-state index contributed by atoms with van der Waals surface area (Å²) in [6.07, 6.45) is 6.43. The second kappa shape index (κ2) is 8.24. The molecule has 170 valence electrons. The topological polar surface area (TPSA) is 70.1 Å². The molecule has 0 radical (unpaired) electrons. The van der Waals surface area contributed by atoms with E-state index in [1.54, 1.807) is 4.57 Å². The minimum absolute atomic E-state index is 0.0500. The van der Waals surface area contributed by atoms with Gasteiger partial charge in [-0.2, -0.15) is 5.10 Å². The van der Waals surface area contributed by atoms with Gasteiger partial charge in [0, 0.05) is 42.8 Å². The van der Waals surface area contributed by atoms with Crippen molar-refractivity contribution in [3.63, 3.8) is 0 Å². The minimum atomic E-state index is -0.0500. The summed E-state index contributed by atoms with van der Waals surface area (Å²) in [5.41, 5.74) is 4.15. The summed E-state index contributed by atoms with van der Waals surface area (Å²) in [6.45, 7) is 11.8. The van der Waals surface area contributed by atoms with Gasteiger partial charge in [-0.25, -0.2) is 14.3 Å². The first-order valence-corrected chi connectivity index (χ1v) is 11.6. The van der Waals surface area contributed by atoms with Crippen molar-refractivity contribution in [2.24, 2.45) is 0 Å². The molecule has 8 nitrogen and oxygen atoms in total. The number of anilines is 1. The molecule has 4 heterocycles. The SMILES string of the molecule is CCn1cc(Cn2c(C)c(C)n(-c3cc(C4CC4)cc(N4CCO[C@H](C)C4)n3)c2=O)cn1. The number of aryl methyl sites for hydroxylation is 1. The molecule has 1 atom stereocenters. The molecular weight excluding hydrogens is 404 g/mol. The third-order valence-corrected chi connectivity index (χ3v) is 6.70. The maximum absolute atomic E-state index is 13.6. The fourth-order valence-electron chi connectivity index (χ4n) is 4.54. The first-order chi connectivity index (χ1) is 15.4. The maximum atomic E-state index is 13.6. The molecule has 32 heavy (non-hydrogen) atoms. The zero-order valence-corrected chi connectivity index (χ0v) is 19.4. The summed E-state index contributed by atoms with van der Waals surface area (Å²) in [5.74, 6) is 2.24. The third kappa shape index (κ3) is 3.88. The van der Waals surface area contributed by atoms with E-state index < -0.39 is 0 Å². The van der Waals surface area contributed by atoms with Crippen molar-refractivity contribution in [2.75, 3.05) is 24.6 Å². The van der Waals surface area contributed by atoms with E-state index in [9.17, 15) is 4.79 Å². The predicted molar refractivity (Wildman–Crippen MR) is 124 cm³/mol. The van der Waals surface area contributed by atoms with Gasteiger partial charge < -0.3 is 9.64 Å². The fraction of sp³-hybridized carbons (Fsp3) is 0.542. The number of morpholine rings is 1. The van der Waals surface area contributed by atoms with Crippen molar-refractivity contribution < 1.29 is 4.74 Å². The largest absolute Gasteiger partial charge is 0.375 e. The van der Waals surface area contributed by atoms with Gasteiger partial charge in [-0.05, 0) is 64.2 Å². The standard InChI is InChI=1S/C24H32N6O2/c1-5-28-14-19(12-25-28)15-29-17(3)18(4)30(24(29)31)23-11-21(20-6-7-20)10-22(26-23)27-8-9-32-16(2)13-27/h10-12,14,16,20H,5-9,13,15H2,1-4H3/t16-/m1/s1. The van der Waals surface area contributed by atoms with Crippen LogP contribution in [0.25, 0.3) is 5.82 Å². The highest BCUT2D eigenvalue weighted by Gasteiger charge is 2.28. The Morgan fingerprint density at radius 3 is 2.62 bits per heavy atom. The van der Waals surface area contributed by atoms with Crippen LogP contribution in [0.5, 0.6) is 0 Å². The summed E-state index contributed by atoms with van der Waals surface area (Å²) in [4.78, 5) is 20.8. The maximum Gasteiger partial charge on any atom is 0.334 e. The van der Waals surface area contributed by atoms with E-state index in [1.165, 1.54) is 18.4 Å². The monoisotopic (exact) mass is 436 g/mol. The van der Waals surface area contributed by atoms with Crippen LogP contribution in [-0.4, -0.2) is 49.7 Å². The van der Waals surface area contributed by atoms with Crippen molar-refractivity contribution in [2.45, 2.75) is 65.6 Å². The quantitative estimate of drug-likeness (QED) is 0.594. The lowest BCUT2D eigenvalue weighted by Gasteiger charge is -2.32. The van der Waals surface area contributed by atoms with Crippen molar-refractivity contribution in [1.29, 1.82) is 0 Å². The minimum Gasteiger partial charge on any atom is -0.375 e. The zero-order valence-electron chi connectivity index (χ0n) is 19.4. The van der Waals surface area contributed by atoms with E-state index in [2.05, 4.69) is 36.0 Å². The molecule has 2 fully saturated rings. The number of nitrogens with zero attached hydrogens (tertiary/aromatic N) is 6. The number of rotatable bonds is 6. The lowest BCUT2D eigenvalue weighted by atomic mass is 10.1. The normalized spacial score (nSPS) is 19.0. The van der Waals surface area contributed by atoms with Gasteiger partial charge in [0.05, 0.1) is 25.5 Å². The van der Waals surface area contributed by atoms with E-state index >= 15 is 0 Å². The van der Waals surface area contributed by atoms with Crippen LogP contribution in [-0.2, 0) is 17.8 Å². The van der Waals surface area contributed by atoms with Crippen LogP contribution in [0.2, 0.25) is 0 Å². The van der Waals surface area contributed by atoms with Crippen molar-refractivity contribution >= 4 is 5.82 Å². The van der Waals surface area contributed by atoms with E-state index in [-0.39, 0.29) is 11.8 Å². The van der Waals surface area contributed by atoms with Gasteiger partial charge in [0.2, 0.25) is 0 Å². The lowest BCUT2D eigenvalue weighted by molar-refractivity contribution is 0.0529. The van der Waals surface area contributed by atoms with Gasteiger partial charge in [0.25, 0.3) is 0 Å². The van der Waals surface area contributed by atoms with E-state index in [0.717, 1.165) is 48.2 Å². The Bertz CT molecular complexity index is 1190. The molecule has 5 rings (SSSR count). The van der Waals surface area contributed by atoms with Crippen molar-refractivity contribution in [3.05, 3.63) is 57.5 Å². The molecule has 2 aliphatic rings. The number of hydrogen-bond donors (Lipinski definition) is 0. The Balaban J connectivity index is 1.56. The molecule has 0 spiro atoms. The number of aromatic nitrogens is 5. The number of imidazole rings is 1. The highest BCUT2D eigenvalue weighted by atomic mass is 16.5. The Morgan fingerprint density at radius 2 is 1.94 bits per heavy atom. The molecule has 3 aromatic rings. The van der Waals surface area contributed by atoms with Gasteiger partial charge in [-0.1, -0.05) is 0 Å². The highest BCUT2D eigenvalue weighted by molar-refractivity contribution is 5.49. The molecule has 1 saturated heterocycles. The highest BCUT2D eigenvalue weighted by Crippen LogP contribution is 2.41. The van der Waals surface area contributed by atoms with Crippen LogP contribution in [0.4, 0.5) is 5.82 Å². The third-order valence-electron chi connectivity index (χ3n) is 6.70. The summed E-state index contributed by atoms with van der Waals surface area (Å²) in [6, 6.07) is 4.32. The fourth-order valence-corrected chi connectivity index (χ4v) is 4.54. The molecule has 1 aliphatic carbocycles. The van der Waals surface area contributed by atoms with Gasteiger partial charge in [0.15, 0.2) is 0 Å². The molecule has 1 aliphatic heterocycles. The number of ether oxygens (including phenoxy) is 1. The van der Waals surface area contributed by atoms with Crippen LogP contribution in [0.1, 0.15) is 55.1 Å². The Morgan fingerprint density at radius 1 is 1.16 bits per heavy atom. The lowest BCUT2D eigenvalue weighted by Crippen LogP contribution is -2.41. The average Bonchev–Trinajstić information content (AvgIpc) is 3.51. The van der Waals surface area contributed by atoms with E-state index in [1.807, 2.05) is 35.5 Å². The molecular formula is C24H32N6O2. The summed E-state index contributed by atoms with van der Waals surface area (Å²) >= 11 is 0. The van der Waals surface area contributed by atoms with Gasteiger partial charge in [-0.15, -0.1) is 0 Å². The predicted octanol–water partition coefficient (Wildman–Crippen LogP) is 3.02. The Kier molecular flexibility index (Phi) is 5.41. The van der Waals surface area contributed by atoms with Crippen molar-refractivity contribution in [3.8, 4) is 5.82 Å². The second-order valence-electron chi connectivity index (χ2n) is 9.10. The molecule has 0 aromatic carbocycles. The van der Waals surface area contributed by atoms with Gasteiger partial charge in [0.1, 0.15) is 11.6 Å². The zero-order chi connectivity index (χ0) is 22.4. The molecule has 0 unspecified atom stereocenters. The molecule has 1 saturated carbocycles. The van der Waals surface area contributed by atoms with Gasteiger partial charge in [-0.3, -0.25) is 9.25 Å².